The van der Waals surface area contributed by atoms with Crippen LogP contribution < -0.4 is 9.84 Å². The Labute approximate surface area is 147 Å². The van der Waals surface area contributed by atoms with E-state index in [1.807, 2.05) is 0 Å². The first kappa shape index (κ1) is 16.8. The Morgan fingerprint density at radius 2 is 1.84 bits per heavy atom. The van der Waals surface area contributed by atoms with Crippen LogP contribution in [0.15, 0.2) is 18.2 Å². The molecule has 1 aromatic rings. The van der Waals surface area contributed by atoms with Gasteiger partial charge in [0, 0.05) is 5.56 Å². The molecule has 4 aliphatic rings. The second-order valence-electron chi connectivity index (χ2n) is 8.35. The summed E-state index contributed by atoms with van der Waals surface area (Å²) in [6.07, 6.45) is 7.23. The molecule has 0 N–H and O–H groups in total. The second-order valence-corrected chi connectivity index (χ2v) is 8.35. The topological polar surface area (TPSA) is 58.6 Å². The molecule has 0 radical (unpaired) electrons. The fourth-order valence-corrected chi connectivity index (χ4v) is 5.69. The summed E-state index contributed by atoms with van der Waals surface area (Å²) in [5.74, 6) is 0.483. The van der Waals surface area contributed by atoms with Crippen LogP contribution in [0.1, 0.15) is 55.8 Å². The molecule has 4 bridgehead atoms. The molecular weight excluding hydrogens is 323 g/mol. The van der Waals surface area contributed by atoms with Crippen molar-refractivity contribution in [2.24, 2.45) is 23.2 Å². The highest BCUT2D eigenvalue weighted by Crippen LogP contribution is 2.60. The van der Waals surface area contributed by atoms with Crippen LogP contribution in [0.4, 0.5) is 4.39 Å². The van der Waals surface area contributed by atoms with E-state index in [9.17, 15) is 14.3 Å². The first-order chi connectivity index (χ1) is 11.9. The number of carboxylic acids is 1. The van der Waals surface area contributed by atoms with E-state index in [0.29, 0.717) is 6.61 Å². The lowest BCUT2D eigenvalue weighted by atomic mass is 9.50. The van der Waals surface area contributed by atoms with Crippen LogP contribution in [0, 0.1) is 29.0 Å². The molecule has 4 aliphatic carbocycles. The van der Waals surface area contributed by atoms with Gasteiger partial charge < -0.3 is 19.4 Å². The molecule has 0 aromatic heterocycles. The number of halogens is 1. The van der Waals surface area contributed by atoms with E-state index in [1.165, 1.54) is 44.6 Å². The summed E-state index contributed by atoms with van der Waals surface area (Å²) < 4.78 is 25.3. The molecule has 0 heterocycles. The van der Waals surface area contributed by atoms with Crippen molar-refractivity contribution in [2.45, 2.75) is 51.7 Å². The SMILES string of the molecule is CC(OCC12CC3CC(CC(C3)C1)C2)Oc1cc(C(=O)[O-])ccc1F. The van der Waals surface area contributed by atoms with Gasteiger partial charge in [-0.05, 0) is 86.8 Å². The van der Waals surface area contributed by atoms with Crippen molar-refractivity contribution < 1.29 is 23.8 Å². The summed E-state index contributed by atoms with van der Waals surface area (Å²) in [5.41, 5.74) is 0.155. The number of hydrogen-bond acceptors (Lipinski definition) is 4. The molecule has 4 saturated carbocycles. The zero-order chi connectivity index (χ0) is 17.6. The van der Waals surface area contributed by atoms with Crippen LogP contribution in [-0.2, 0) is 4.74 Å². The number of rotatable bonds is 6. The molecule has 1 aromatic carbocycles. The molecule has 0 amide bonds. The highest BCUT2D eigenvalue weighted by atomic mass is 19.1. The zero-order valence-corrected chi connectivity index (χ0v) is 14.5. The van der Waals surface area contributed by atoms with Crippen molar-refractivity contribution in [3.05, 3.63) is 29.6 Å². The van der Waals surface area contributed by atoms with Gasteiger partial charge in [0.05, 0.1) is 12.6 Å². The summed E-state index contributed by atoms with van der Waals surface area (Å²) in [6, 6.07) is 3.39. The van der Waals surface area contributed by atoms with Gasteiger partial charge in [-0.25, -0.2) is 4.39 Å². The number of hydrogen-bond donors (Lipinski definition) is 0. The van der Waals surface area contributed by atoms with Crippen LogP contribution >= 0.6 is 0 Å². The van der Waals surface area contributed by atoms with Gasteiger partial charge in [-0.1, -0.05) is 0 Å². The van der Waals surface area contributed by atoms with E-state index in [2.05, 4.69) is 0 Å². The number of carbonyl (C=O) groups is 1. The monoisotopic (exact) mass is 347 g/mol. The maximum atomic E-state index is 13.9. The maximum absolute atomic E-state index is 13.9. The summed E-state index contributed by atoms with van der Waals surface area (Å²) in [4.78, 5) is 10.9. The molecule has 5 rings (SSSR count). The third-order valence-corrected chi connectivity index (χ3v) is 6.25. The molecular formula is C20H24FO4-. The Balaban J connectivity index is 1.38. The normalized spacial score (nSPS) is 34.1. The molecule has 1 atom stereocenters. The minimum atomic E-state index is -1.35. The number of benzene rings is 1. The summed E-state index contributed by atoms with van der Waals surface area (Å²) in [6.45, 7) is 2.37. The Bertz CT molecular complexity index is 636. The third kappa shape index (κ3) is 3.39. The summed E-state index contributed by atoms with van der Waals surface area (Å²) in [7, 11) is 0. The fraction of sp³-hybridized carbons (Fsp3) is 0.650. The minimum Gasteiger partial charge on any atom is -0.545 e. The van der Waals surface area contributed by atoms with Crippen LogP contribution in [0.2, 0.25) is 0 Å². The summed E-state index contributed by atoms with van der Waals surface area (Å²) in [5, 5.41) is 10.9. The molecule has 25 heavy (non-hydrogen) atoms. The second kappa shape index (κ2) is 6.27. The van der Waals surface area contributed by atoms with Crippen molar-refractivity contribution >= 4 is 5.97 Å². The molecule has 1 unspecified atom stereocenters. The largest absolute Gasteiger partial charge is 0.545 e. The minimum absolute atomic E-state index is 0.107. The lowest BCUT2D eigenvalue weighted by molar-refractivity contribution is -0.255. The van der Waals surface area contributed by atoms with Gasteiger partial charge >= 0.3 is 0 Å². The Morgan fingerprint density at radius 1 is 1.24 bits per heavy atom. The van der Waals surface area contributed by atoms with Gasteiger partial charge in [-0.3, -0.25) is 0 Å². The fourth-order valence-electron chi connectivity index (χ4n) is 5.69. The van der Waals surface area contributed by atoms with Crippen molar-refractivity contribution in [1.29, 1.82) is 0 Å². The van der Waals surface area contributed by atoms with Gasteiger partial charge in [0.2, 0.25) is 0 Å². The Hall–Kier alpha value is -1.62. The van der Waals surface area contributed by atoms with Crippen molar-refractivity contribution in [3.63, 3.8) is 0 Å². The van der Waals surface area contributed by atoms with Gasteiger partial charge in [0.25, 0.3) is 0 Å². The first-order valence-electron chi connectivity index (χ1n) is 9.22. The Kier molecular flexibility index (Phi) is 4.22. The smallest absolute Gasteiger partial charge is 0.197 e. The Morgan fingerprint density at radius 3 is 2.40 bits per heavy atom. The average molecular weight is 347 g/mol. The van der Waals surface area contributed by atoms with Crippen LogP contribution in [0.25, 0.3) is 0 Å². The standard InChI is InChI=1S/C20H25FO4/c1-12(25-18-7-16(19(22)23)2-3-17(18)21)24-11-20-8-13-4-14(9-20)6-15(5-13)10-20/h2-3,7,12-15H,4-6,8-11H2,1H3,(H,22,23)/p-1. The molecule has 4 nitrogen and oxygen atoms in total. The number of carboxylic acid groups (broad SMARTS) is 1. The molecule has 0 spiro atoms. The van der Waals surface area contributed by atoms with Gasteiger partial charge in [-0.2, -0.15) is 0 Å². The molecule has 0 aliphatic heterocycles. The first-order valence-corrected chi connectivity index (χ1v) is 9.22. The van der Waals surface area contributed by atoms with E-state index in [-0.39, 0.29) is 16.7 Å². The van der Waals surface area contributed by atoms with Crippen molar-refractivity contribution in [2.75, 3.05) is 6.61 Å². The lowest BCUT2D eigenvalue weighted by Gasteiger charge is -2.56. The highest BCUT2D eigenvalue weighted by Gasteiger charge is 2.51. The maximum Gasteiger partial charge on any atom is 0.197 e. The third-order valence-electron chi connectivity index (χ3n) is 6.25. The van der Waals surface area contributed by atoms with E-state index >= 15 is 0 Å². The van der Waals surface area contributed by atoms with E-state index in [0.717, 1.165) is 29.9 Å². The van der Waals surface area contributed by atoms with Crippen LogP contribution in [0.3, 0.4) is 0 Å². The predicted octanol–water partition coefficient (Wildman–Crippen LogP) is 3.15. The number of aromatic carboxylic acids is 1. The van der Waals surface area contributed by atoms with E-state index < -0.39 is 18.1 Å². The quantitative estimate of drug-likeness (QED) is 0.742. The average Bonchev–Trinajstić information content (AvgIpc) is 2.54. The molecule has 4 fully saturated rings. The summed E-state index contributed by atoms with van der Waals surface area (Å²) >= 11 is 0. The number of carbonyl (C=O) groups excluding carboxylic acids is 1. The van der Waals surface area contributed by atoms with E-state index in [4.69, 9.17) is 9.47 Å². The zero-order valence-electron chi connectivity index (χ0n) is 14.5. The van der Waals surface area contributed by atoms with Crippen LogP contribution in [0.5, 0.6) is 5.75 Å². The highest BCUT2D eigenvalue weighted by molar-refractivity contribution is 5.86. The van der Waals surface area contributed by atoms with E-state index in [1.54, 1.807) is 6.92 Å². The predicted molar refractivity (Wildman–Crippen MR) is 87.4 cm³/mol. The van der Waals surface area contributed by atoms with Crippen molar-refractivity contribution in [1.82, 2.24) is 0 Å². The van der Waals surface area contributed by atoms with Gasteiger partial charge in [-0.15, -0.1) is 0 Å². The molecule has 0 saturated heterocycles. The molecule has 5 heteroatoms. The number of ether oxygens (including phenoxy) is 2. The molecule has 136 valence electrons. The van der Waals surface area contributed by atoms with Gasteiger partial charge in [0.15, 0.2) is 17.9 Å². The van der Waals surface area contributed by atoms with Gasteiger partial charge in [0.1, 0.15) is 0 Å². The van der Waals surface area contributed by atoms with Crippen LogP contribution in [-0.4, -0.2) is 18.9 Å². The lowest BCUT2D eigenvalue weighted by Crippen LogP contribution is -2.48. The van der Waals surface area contributed by atoms with Crippen molar-refractivity contribution in [3.8, 4) is 5.75 Å².